The highest BCUT2D eigenvalue weighted by Gasteiger charge is 2.24. The van der Waals surface area contributed by atoms with Gasteiger partial charge >= 0.3 is 6.09 Å². The number of likely N-dealkylation sites (N-methyl/N-ethyl adjacent to an activating group) is 1. The fourth-order valence-corrected chi connectivity index (χ4v) is 2.74. The molecule has 2 amide bonds. The molecule has 0 radical (unpaired) electrons. The maximum absolute atomic E-state index is 11.9. The Balaban J connectivity index is 0.00000420. The van der Waals surface area contributed by atoms with Crippen LogP contribution in [0.4, 0.5) is 4.79 Å². The van der Waals surface area contributed by atoms with Gasteiger partial charge in [-0.25, -0.2) is 9.79 Å². The Morgan fingerprint density at radius 2 is 2.03 bits per heavy atom. The predicted octanol–water partition coefficient (Wildman–Crippen LogP) is 1.44. The van der Waals surface area contributed by atoms with Crippen LogP contribution in [0.5, 0.6) is 0 Å². The van der Waals surface area contributed by atoms with Crippen molar-refractivity contribution in [2.45, 2.75) is 32.4 Å². The lowest BCUT2D eigenvalue weighted by molar-refractivity contribution is -0.127. The summed E-state index contributed by atoms with van der Waals surface area (Å²) < 4.78 is 5.05. The third kappa shape index (κ3) is 8.84. The minimum atomic E-state index is -0.264. The second-order valence-electron chi connectivity index (χ2n) is 6.73. The second-order valence-corrected chi connectivity index (χ2v) is 6.73. The summed E-state index contributed by atoms with van der Waals surface area (Å²) in [6, 6.07) is 5.84. The van der Waals surface area contributed by atoms with Gasteiger partial charge in [0.1, 0.15) is 0 Å². The number of piperidine rings is 1. The monoisotopic (exact) mass is 518 g/mol. The van der Waals surface area contributed by atoms with Crippen LogP contribution in [0.3, 0.4) is 0 Å². The molecule has 0 saturated carbocycles. The lowest BCUT2D eigenvalue weighted by Crippen LogP contribution is -2.51. The van der Waals surface area contributed by atoms with Gasteiger partial charge in [0.15, 0.2) is 5.96 Å². The molecule has 1 aliphatic heterocycles. The average Bonchev–Trinajstić information content (AvgIpc) is 2.71. The highest BCUT2D eigenvalue weighted by Crippen LogP contribution is 2.11. The number of rotatable bonds is 6. The number of pyridine rings is 1. The van der Waals surface area contributed by atoms with Crippen molar-refractivity contribution in [3.63, 3.8) is 0 Å². The molecule has 29 heavy (non-hydrogen) atoms. The molecule has 2 heterocycles. The quantitative estimate of drug-likeness (QED) is 0.336. The number of nitrogens with one attached hydrogen (secondary N) is 2. The first-order valence-corrected chi connectivity index (χ1v) is 9.56. The molecule has 2 rings (SSSR count). The standard InChI is InChI=1S/C19H30N6O3.HI/c1-4-28-19(27)25-11-8-15(9-12-25)23-18(22-14-17(26)24(2)3)21-13-16-7-5-6-10-20-16;/h5-7,10,15H,4,8-9,11-14H2,1-3H3,(H2,21,22,23);1H. The van der Waals surface area contributed by atoms with Gasteiger partial charge in [-0.1, -0.05) is 6.07 Å². The number of guanidine groups is 1. The van der Waals surface area contributed by atoms with Crippen LogP contribution in [0.2, 0.25) is 0 Å². The number of aromatic nitrogens is 1. The molecule has 0 bridgehead atoms. The Labute approximate surface area is 189 Å². The van der Waals surface area contributed by atoms with Crippen LogP contribution in [-0.4, -0.2) is 79.1 Å². The summed E-state index contributed by atoms with van der Waals surface area (Å²) in [6.45, 7) is 4.00. The van der Waals surface area contributed by atoms with Crippen molar-refractivity contribution in [2.75, 3.05) is 40.3 Å². The maximum Gasteiger partial charge on any atom is 0.409 e. The van der Waals surface area contributed by atoms with E-state index in [1.807, 2.05) is 18.2 Å². The number of aliphatic imine (C=N–C) groups is 1. The number of halogens is 1. The normalized spacial score (nSPS) is 14.6. The van der Waals surface area contributed by atoms with Crippen molar-refractivity contribution >= 4 is 41.9 Å². The van der Waals surface area contributed by atoms with E-state index in [0.29, 0.717) is 32.2 Å². The Hall–Kier alpha value is -2.11. The Bertz CT molecular complexity index is 663. The minimum absolute atomic E-state index is 0. The van der Waals surface area contributed by atoms with E-state index in [-0.39, 0.29) is 48.6 Å². The van der Waals surface area contributed by atoms with E-state index < -0.39 is 0 Å². The highest BCUT2D eigenvalue weighted by atomic mass is 127. The van der Waals surface area contributed by atoms with Gasteiger partial charge in [0.2, 0.25) is 5.91 Å². The molecule has 0 aliphatic carbocycles. The third-order valence-corrected chi connectivity index (χ3v) is 4.39. The van der Waals surface area contributed by atoms with Crippen LogP contribution in [0.1, 0.15) is 25.5 Å². The smallest absolute Gasteiger partial charge is 0.409 e. The van der Waals surface area contributed by atoms with E-state index in [4.69, 9.17) is 4.74 Å². The lowest BCUT2D eigenvalue weighted by atomic mass is 10.1. The number of hydrogen-bond donors (Lipinski definition) is 2. The molecule has 2 N–H and O–H groups in total. The summed E-state index contributed by atoms with van der Waals surface area (Å²) in [5.74, 6) is 0.528. The molecule has 1 saturated heterocycles. The van der Waals surface area contributed by atoms with Gasteiger partial charge in [0.25, 0.3) is 0 Å². The molecule has 0 aromatic carbocycles. The van der Waals surface area contributed by atoms with E-state index in [9.17, 15) is 9.59 Å². The number of ether oxygens (including phenoxy) is 1. The van der Waals surface area contributed by atoms with Crippen molar-refractivity contribution in [3.8, 4) is 0 Å². The Morgan fingerprint density at radius 1 is 1.31 bits per heavy atom. The van der Waals surface area contributed by atoms with Crippen LogP contribution >= 0.6 is 24.0 Å². The van der Waals surface area contributed by atoms with Gasteiger partial charge < -0.3 is 25.2 Å². The molecule has 0 atom stereocenters. The molecule has 10 heteroatoms. The molecule has 1 aliphatic rings. The van der Waals surface area contributed by atoms with Crippen LogP contribution in [0.25, 0.3) is 0 Å². The SMILES string of the molecule is CCOC(=O)N1CCC(NC(=NCc2ccccn2)NCC(=O)N(C)C)CC1.I. The first-order chi connectivity index (χ1) is 13.5. The summed E-state index contributed by atoms with van der Waals surface area (Å²) >= 11 is 0. The van der Waals surface area contributed by atoms with Crippen molar-refractivity contribution in [1.29, 1.82) is 0 Å². The van der Waals surface area contributed by atoms with E-state index in [2.05, 4.69) is 20.6 Å². The summed E-state index contributed by atoms with van der Waals surface area (Å²) in [4.78, 5) is 35.8. The van der Waals surface area contributed by atoms with Crippen LogP contribution in [0.15, 0.2) is 29.4 Å². The molecule has 0 spiro atoms. The van der Waals surface area contributed by atoms with Gasteiger partial charge in [-0.05, 0) is 31.9 Å². The van der Waals surface area contributed by atoms with Gasteiger partial charge in [0, 0.05) is 39.4 Å². The largest absolute Gasteiger partial charge is 0.450 e. The topological polar surface area (TPSA) is 99.2 Å². The van der Waals surface area contributed by atoms with Gasteiger partial charge in [-0.3, -0.25) is 9.78 Å². The number of likely N-dealkylation sites (tertiary alicyclic amines) is 1. The Morgan fingerprint density at radius 3 is 2.62 bits per heavy atom. The summed E-state index contributed by atoms with van der Waals surface area (Å²) in [5, 5.41) is 6.46. The van der Waals surface area contributed by atoms with Gasteiger partial charge in [-0.15, -0.1) is 24.0 Å². The Kier molecular flexibility index (Phi) is 11.3. The zero-order valence-electron chi connectivity index (χ0n) is 17.3. The molecule has 1 aromatic rings. The van der Waals surface area contributed by atoms with E-state index in [1.165, 1.54) is 4.90 Å². The summed E-state index contributed by atoms with van der Waals surface area (Å²) in [5.41, 5.74) is 0.847. The van der Waals surface area contributed by atoms with E-state index in [0.717, 1.165) is 18.5 Å². The number of nitrogens with zero attached hydrogens (tertiary/aromatic N) is 4. The maximum atomic E-state index is 11.9. The van der Waals surface area contributed by atoms with Crippen molar-refractivity contribution < 1.29 is 14.3 Å². The van der Waals surface area contributed by atoms with Gasteiger partial charge in [-0.2, -0.15) is 0 Å². The first-order valence-electron chi connectivity index (χ1n) is 9.56. The zero-order valence-corrected chi connectivity index (χ0v) is 19.6. The van der Waals surface area contributed by atoms with Crippen LogP contribution in [0, 0.1) is 0 Å². The molecule has 1 aromatic heterocycles. The van der Waals surface area contributed by atoms with E-state index >= 15 is 0 Å². The van der Waals surface area contributed by atoms with Gasteiger partial charge in [0.05, 0.1) is 25.4 Å². The van der Waals surface area contributed by atoms with Crippen molar-refractivity contribution in [3.05, 3.63) is 30.1 Å². The summed E-state index contributed by atoms with van der Waals surface area (Å²) in [6.07, 6.45) is 3.03. The first kappa shape index (κ1) is 24.9. The third-order valence-electron chi connectivity index (χ3n) is 4.39. The molecule has 9 nitrogen and oxygen atoms in total. The van der Waals surface area contributed by atoms with Crippen LogP contribution < -0.4 is 10.6 Å². The highest BCUT2D eigenvalue weighted by molar-refractivity contribution is 14.0. The number of carbonyl (C=O) groups excluding carboxylic acids is 2. The molecule has 0 unspecified atom stereocenters. The zero-order chi connectivity index (χ0) is 20.4. The predicted molar refractivity (Wildman–Crippen MR) is 122 cm³/mol. The minimum Gasteiger partial charge on any atom is -0.450 e. The van der Waals surface area contributed by atoms with E-state index in [1.54, 1.807) is 32.1 Å². The van der Waals surface area contributed by atoms with Crippen LogP contribution in [-0.2, 0) is 16.1 Å². The fourth-order valence-electron chi connectivity index (χ4n) is 2.74. The average molecular weight is 518 g/mol. The number of carbonyl (C=O) groups is 2. The molecular weight excluding hydrogens is 487 g/mol. The summed E-state index contributed by atoms with van der Waals surface area (Å²) in [7, 11) is 3.43. The fraction of sp³-hybridized carbons (Fsp3) is 0.579. The lowest BCUT2D eigenvalue weighted by Gasteiger charge is -2.32. The molecular formula is C19H31IN6O3. The van der Waals surface area contributed by atoms with Crippen molar-refractivity contribution in [2.24, 2.45) is 4.99 Å². The molecule has 162 valence electrons. The van der Waals surface area contributed by atoms with Crippen molar-refractivity contribution in [1.82, 2.24) is 25.4 Å². The second kappa shape index (κ2) is 13.2. The molecule has 1 fully saturated rings. The number of amides is 2. The number of hydrogen-bond acceptors (Lipinski definition) is 5.